The summed E-state index contributed by atoms with van der Waals surface area (Å²) in [5, 5.41) is 3.58. The quantitative estimate of drug-likeness (QED) is 0.733. The van der Waals surface area contributed by atoms with Gasteiger partial charge in [0.1, 0.15) is 0 Å². The van der Waals surface area contributed by atoms with Crippen molar-refractivity contribution < 1.29 is 9.47 Å². The third-order valence-electron chi connectivity index (χ3n) is 3.06. The van der Waals surface area contributed by atoms with Gasteiger partial charge in [0.25, 0.3) is 0 Å². The fourth-order valence-corrected chi connectivity index (χ4v) is 2.13. The van der Waals surface area contributed by atoms with Crippen LogP contribution in [0, 0.1) is 5.92 Å². The van der Waals surface area contributed by atoms with Crippen LogP contribution >= 0.6 is 0 Å². The lowest BCUT2D eigenvalue weighted by Gasteiger charge is -2.33. The Labute approximate surface area is 93.5 Å². The smallest absolute Gasteiger partial charge is 0.0637 e. The molecular weight excluding hydrogens is 190 g/mol. The van der Waals surface area contributed by atoms with Crippen molar-refractivity contribution in [1.29, 1.82) is 0 Å². The number of nitrogens with one attached hydrogen (secondary N) is 1. The van der Waals surface area contributed by atoms with Gasteiger partial charge in [-0.05, 0) is 25.8 Å². The van der Waals surface area contributed by atoms with E-state index in [1.54, 1.807) is 7.11 Å². The summed E-state index contributed by atoms with van der Waals surface area (Å²) in [5.41, 5.74) is 0. The highest BCUT2D eigenvalue weighted by Crippen LogP contribution is 2.20. The summed E-state index contributed by atoms with van der Waals surface area (Å²) in [5.74, 6) is 0.501. The van der Waals surface area contributed by atoms with Gasteiger partial charge in [-0.2, -0.15) is 0 Å². The number of ether oxygens (including phenoxy) is 2. The minimum Gasteiger partial charge on any atom is -0.384 e. The Morgan fingerprint density at radius 2 is 2.33 bits per heavy atom. The van der Waals surface area contributed by atoms with E-state index in [0.717, 1.165) is 32.6 Å². The maximum Gasteiger partial charge on any atom is 0.0637 e. The third kappa shape index (κ3) is 4.49. The SMILES string of the molecule is CCCNC1CCOC(C(C)COC)C1. The first kappa shape index (κ1) is 12.9. The minimum absolute atomic E-state index is 0.369. The molecule has 1 rings (SSSR count). The van der Waals surface area contributed by atoms with Gasteiger partial charge in [0, 0.05) is 25.7 Å². The summed E-state index contributed by atoms with van der Waals surface area (Å²) in [6, 6.07) is 0.642. The summed E-state index contributed by atoms with van der Waals surface area (Å²) in [6.07, 6.45) is 3.85. The van der Waals surface area contributed by atoms with Gasteiger partial charge in [-0.3, -0.25) is 0 Å². The predicted octanol–water partition coefficient (Wildman–Crippen LogP) is 1.82. The molecule has 0 spiro atoms. The van der Waals surface area contributed by atoms with Gasteiger partial charge in [-0.15, -0.1) is 0 Å². The molecule has 0 radical (unpaired) electrons. The minimum atomic E-state index is 0.369. The van der Waals surface area contributed by atoms with Gasteiger partial charge in [0.15, 0.2) is 0 Å². The van der Waals surface area contributed by atoms with E-state index in [1.165, 1.54) is 6.42 Å². The molecule has 0 amide bonds. The standard InChI is InChI=1S/C12H25NO2/c1-4-6-13-11-5-7-15-12(8-11)10(2)9-14-3/h10-13H,4-9H2,1-3H3. The van der Waals surface area contributed by atoms with Gasteiger partial charge in [-0.1, -0.05) is 13.8 Å². The molecule has 1 aliphatic rings. The van der Waals surface area contributed by atoms with Crippen LogP contribution in [0.4, 0.5) is 0 Å². The molecule has 1 saturated heterocycles. The molecule has 0 saturated carbocycles. The lowest BCUT2D eigenvalue weighted by molar-refractivity contribution is -0.0456. The summed E-state index contributed by atoms with van der Waals surface area (Å²) in [7, 11) is 1.76. The summed E-state index contributed by atoms with van der Waals surface area (Å²) in [4.78, 5) is 0. The van der Waals surface area contributed by atoms with Crippen molar-refractivity contribution in [3.8, 4) is 0 Å². The molecule has 3 heteroatoms. The maximum atomic E-state index is 5.78. The van der Waals surface area contributed by atoms with Crippen LogP contribution in [-0.4, -0.2) is 39.0 Å². The Kier molecular flexibility index (Phi) is 6.22. The van der Waals surface area contributed by atoms with E-state index >= 15 is 0 Å². The van der Waals surface area contributed by atoms with Crippen LogP contribution in [-0.2, 0) is 9.47 Å². The molecule has 1 aliphatic heterocycles. The number of hydrogen-bond donors (Lipinski definition) is 1. The molecule has 3 atom stereocenters. The molecule has 0 aromatic carbocycles. The second kappa shape index (κ2) is 7.20. The summed E-state index contributed by atoms with van der Waals surface area (Å²) in [6.45, 7) is 7.22. The molecule has 0 bridgehead atoms. The van der Waals surface area contributed by atoms with Crippen molar-refractivity contribution in [2.75, 3.05) is 26.9 Å². The van der Waals surface area contributed by atoms with E-state index in [1.807, 2.05) is 0 Å². The molecule has 1 heterocycles. The van der Waals surface area contributed by atoms with Gasteiger partial charge in [0.05, 0.1) is 12.7 Å². The zero-order valence-corrected chi connectivity index (χ0v) is 10.3. The Morgan fingerprint density at radius 3 is 3.00 bits per heavy atom. The summed E-state index contributed by atoms with van der Waals surface area (Å²) < 4.78 is 11.0. The van der Waals surface area contributed by atoms with Crippen LogP contribution in [0.15, 0.2) is 0 Å². The van der Waals surface area contributed by atoms with Crippen LogP contribution in [0.1, 0.15) is 33.1 Å². The molecule has 1 N–H and O–H groups in total. The fourth-order valence-electron chi connectivity index (χ4n) is 2.13. The van der Waals surface area contributed by atoms with E-state index in [0.29, 0.717) is 18.1 Å². The molecule has 0 aromatic heterocycles. The van der Waals surface area contributed by atoms with Gasteiger partial charge in [-0.25, -0.2) is 0 Å². The molecule has 0 aromatic rings. The van der Waals surface area contributed by atoms with E-state index in [4.69, 9.17) is 9.47 Å². The molecule has 3 unspecified atom stereocenters. The average molecular weight is 215 g/mol. The molecule has 0 aliphatic carbocycles. The van der Waals surface area contributed by atoms with Crippen LogP contribution in [0.25, 0.3) is 0 Å². The van der Waals surface area contributed by atoms with Crippen molar-refractivity contribution in [2.24, 2.45) is 5.92 Å². The number of rotatable bonds is 6. The zero-order valence-electron chi connectivity index (χ0n) is 10.3. The first-order chi connectivity index (χ1) is 7.27. The van der Waals surface area contributed by atoms with Crippen LogP contribution in [0.5, 0.6) is 0 Å². The number of hydrogen-bond acceptors (Lipinski definition) is 3. The van der Waals surface area contributed by atoms with Crippen molar-refractivity contribution in [3.05, 3.63) is 0 Å². The van der Waals surface area contributed by atoms with E-state index in [2.05, 4.69) is 19.2 Å². The zero-order chi connectivity index (χ0) is 11.1. The second-order valence-electron chi connectivity index (χ2n) is 4.52. The van der Waals surface area contributed by atoms with E-state index in [-0.39, 0.29) is 0 Å². The normalized spacial score (nSPS) is 29.0. The lowest BCUT2D eigenvalue weighted by atomic mass is 9.94. The predicted molar refractivity (Wildman–Crippen MR) is 62.1 cm³/mol. The van der Waals surface area contributed by atoms with Crippen molar-refractivity contribution >= 4 is 0 Å². The monoisotopic (exact) mass is 215 g/mol. The Balaban J connectivity index is 2.28. The van der Waals surface area contributed by atoms with Crippen molar-refractivity contribution in [2.45, 2.75) is 45.3 Å². The molecule has 15 heavy (non-hydrogen) atoms. The molecule has 3 nitrogen and oxygen atoms in total. The molecule has 90 valence electrons. The van der Waals surface area contributed by atoms with Crippen LogP contribution in [0.2, 0.25) is 0 Å². The lowest BCUT2D eigenvalue weighted by Crippen LogP contribution is -2.42. The van der Waals surface area contributed by atoms with Gasteiger partial charge >= 0.3 is 0 Å². The van der Waals surface area contributed by atoms with Crippen LogP contribution < -0.4 is 5.32 Å². The van der Waals surface area contributed by atoms with Crippen molar-refractivity contribution in [3.63, 3.8) is 0 Å². The highest BCUT2D eigenvalue weighted by Gasteiger charge is 2.26. The first-order valence-electron chi connectivity index (χ1n) is 6.11. The largest absolute Gasteiger partial charge is 0.384 e. The Hall–Kier alpha value is -0.120. The molecule has 1 fully saturated rings. The fraction of sp³-hybridized carbons (Fsp3) is 1.00. The maximum absolute atomic E-state index is 5.78. The Morgan fingerprint density at radius 1 is 1.53 bits per heavy atom. The topological polar surface area (TPSA) is 30.5 Å². The Bertz CT molecular complexity index is 164. The average Bonchev–Trinajstić information content (AvgIpc) is 2.27. The molecular formula is C12H25NO2. The second-order valence-corrected chi connectivity index (χ2v) is 4.52. The third-order valence-corrected chi connectivity index (χ3v) is 3.06. The van der Waals surface area contributed by atoms with Gasteiger partial charge < -0.3 is 14.8 Å². The van der Waals surface area contributed by atoms with Crippen LogP contribution in [0.3, 0.4) is 0 Å². The highest BCUT2D eigenvalue weighted by atomic mass is 16.5. The first-order valence-corrected chi connectivity index (χ1v) is 6.11. The number of methoxy groups -OCH3 is 1. The van der Waals surface area contributed by atoms with Gasteiger partial charge in [0.2, 0.25) is 0 Å². The highest BCUT2D eigenvalue weighted by molar-refractivity contribution is 4.79. The van der Waals surface area contributed by atoms with E-state index < -0.39 is 0 Å². The summed E-state index contributed by atoms with van der Waals surface area (Å²) >= 11 is 0. The van der Waals surface area contributed by atoms with E-state index in [9.17, 15) is 0 Å². The van der Waals surface area contributed by atoms with Crippen molar-refractivity contribution in [1.82, 2.24) is 5.32 Å².